The van der Waals surface area contributed by atoms with Crippen molar-refractivity contribution in [2.24, 2.45) is 17.8 Å². The second kappa shape index (κ2) is 14.7. The van der Waals surface area contributed by atoms with Crippen LogP contribution in [0.2, 0.25) is 0 Å². The van der Waals surface area contributed by atoms with Crippen molar-refractivity contribution in [2.45, 2.75) is 43.3 Å². The molecule has 3 amide bonds. The van der Waals surface area contributed by atoms with Gasteiger partial charge in [-0.1, -0.05) is 11.2 Å². The third-order valence-electron chi connectivity index (χ3n) is 12.7. The minimum Gasteiger partial charge on any atom is -0.496 e. The van der Waals surface area contributed by atoms with Crippen LogP contribution in [0.5, 0.6) is 5.75 Å². The summed E-state index contributed by atoms with van der Waals surface area (Å²) in [7, 11) is -2.48. The highest BCUT2D eigenvalue weighted by atomic mass is 32.2. The van der Waals surface area contributed by atoms with Gasteiger partial charge in [0.25, 0.3) is 15.9 Å². The van der Waals surface area contributed by atoms with Gasteiger partial charge in [-0.25, -0.2) is 8.42 Å². The van der Waals surface area contributed by atoms with Crippen molar-refractivity contribution in [3.8, 4) is 5.75 Å². The summed E-state index contributed by atoms with van der Waals surface area (Å²) in [5, 5.41) is 11.1. The number of benzene rings is 3. The molecule has 4 fully saturated rings. The Labute approximate surface area is 341 Å². The average Bonchev–Trinajstić information content (AvgIpc) is 4.09. The predicted molar refractivity (Wildman–Crippen MR) is 218 cm³/mol. The molecular formula is C42H45N9O7S. The summed E-state index contributed by atoms with van der Waals surface area (Å²) in [5.41, 5.74) is 4.81. The predicted octanol–water partition coefficient (Wildman–Crippen LogP) is 3.54. The van der Waals surface area contributed by atoms with Gasteiger partial charge in [0.1, 0.15) is 17.2 Å². The summed E-state index contributed by atoms with van der Waals surface area (Å²) in [5.74, 6) is 1.21. The van der Waals surface area contributed by atoms with Crippen molar-refractivity contribution in [1.29, 1.82) is 0 Å². The van der Waals surface area contributed by atoms with Crippen molar-refractivity contribution < 1.29 is 32.1 Å². The van der Waals surface area contributed by atoms with Crippen LogP contribution in [0.25, 0.3) is 11.0 Å². The number of aromatic nitrogens is 3. The number of sulfonamides is 1. The molecule has 306 valence electrons. The van der Waals surface area contributed by atoms with Crippen LogP contribution in [0, 0.1) is 17.8 Å². The fraction of sp³-hybridized carbons (Fsp3) is 0.405. The summed E-state index contributed by atoms with van der Waals surface area (Å²) in [6, 6.07) is 17.9. The summed E-state index contributed by atoms with van der Waals surface area (Å²) >= 11 is 0. The number of anilines is 3. The molecule has 4 saturated heterocycles. The standard InChI is InChI=1S/C42H45N9O7S/c1-57-36-14-27(20-50-12-3-11-43-50)15-37-39(36)40(45-58-37)46-59(55,56)33-5-2-4-31(17-33)49-23-29-21-47(22-30(29)24-49)18-26-10-13-48(19-26)32-6-7-34-28(16-32)25-51(42(34)54)35-8-9-38(52)44-41(35)53/h2-7,11-12,14-17,26,29-30,35H,8-10,13,18-25H2,1H3,(H,45,46)(H,44,52,53)/t26-,29-,30-,35-/m0/s1. The van der Waals surface area contributed by atoms with E-state index in [1.807, 2.05) is 36.5 Å². The molecule has 5 aliphatic rings. The number of imide groups is 1. The lowest BCUT2D eigenvalue weighted by molar-refractivity contribution is -0.136. The first-order chi connectivity index (χ1) is 28.6. The van der Waals surface area contributed by atoms with Crippen molar-refractivity contribution in [3.63, 3.8) is 0 Å². The van der Waals surface area contributed by atoms with E-state index in [9.17, 15) is 22.8 Å². The number of carbonyl (C=O) groups is 3. The molecular weight excluding hydrogens is 775 g/mol. The third kappa shape index (κ3) is 7.05. The van der Waals surface area contributed by atoms with Crippen LogP contribution >= 0.6 is 0 Å². The highest BCUT2D eigenvalue weighted by Crippen LogP contribution is 2.38. The van der Waals surface area contributed by atoms with Gasteiger partial charge < -0.3 is 28.9 Å². The number of piperidine rings is 1. The van der Waals surface area contributed by atoms with Gasteiger partial charge in [-0.15, -0.1) is 0 Å². The van der Waals surface area contributed by atoms with Crippen LogP contribution in [0.3, 0.4) is 0 Å². The molecule has 2 N–H and O–H groups in total. The average molecular weight is 820 g/mol. The van der Waals surface area contributed by atoms with Crippen molar-refractivity contribution in [3.05, 3.63) is 89.7 Å². The molecule has 4 atom stereocenters. The van der Waals surface area contributed by atoms with Crippen molar-refractivity contribution in [2.75, 3.05) is 67.4 Å². The molecule has 5 aliphatic heterocycles. The van der Waals surface area contributed by atoms with Crippen LogP contribution in [-0.4, -0.2) is 110 Å². The lowest BCUT2D eigenvalue weighted by Gasteiger charge is -2.29. The second-order valence-electron chi connectivity index (χ2n) is 16.5. The minimum absolute atomic E-state index is 0.0659. The first kappa shape index (κ1) is 37.3. The van der Waals surface area contributed by atoms with Crippen LogP contribution in [0.4, 0.5) is 17.2 Å². The number of fused-ring (bicyclic) bond motifs is 3. The maximum atomic E-state index is 13.7. The molecule has 5 aromatic rings. The molecule has 0 radical (unpaired) electrons. The largest absolute Gasteiger partial charge is 0.496 e. The van der Waals surface area contributed by atoms with E-state index in [0.717, 1.165) is 74.7 Å². The number of carbonyl (C=O) groups excluding carboxylic acids is 3. The Bertz CT molecular complexity index is 2560. The summed E-state index contributed by atoms with van der Waals surface area (Å²) < 4.78 is 43.1. The number of ether oxygens (including phenoxy) is 1. The summed E-state index contributed by atoms with van der Waals surface area (Å²) in [4.78, 5) is 46.4. The Kier molecular flexibility index (Phi) is 9.31. The van der Waals surface area contributed by atoms with E-state index < -0.39 is 22.0 Å². The number of rotatable bonds is 11. The van der Waals surface area contributed by atoms with Gasteiger partial charge in [0.15, 0.2) is 11.4 Å². The van der Waals surface area contributed by atoms with Gasteiger partial charge in [-0.05, 0) is 96.3 Å². The monoisotopic (exact) mass is 819 g/mol. The molecule has 0 unspecified atom stereocenters. The van der Waals surface area contributed by atoms with Crippen LogP contribution < -0.4 is 24.6 Å². The maximum Gasteiger partial charge on any atom is 0.263 e. The van der Waals surface area contributed by atoms with Gasteiger partial charge in [-0.2, -0.15) is 5.10 Å². The van der Waals surface area contributed by atoms with Gasteiger partial charge in [0.05, 0.1) is 18.6 Å². The fourth-order valence-corrected chi connectivity index (χ4v) is 10.9. The molecule has 0 aliphatic carbocycles. The van der Waals surface area contributed by atoms with Gasteiger partial charge in [-0.3, -0.25) is 29.1 Å². The normalized spacial score (nSPS) is 23.3. The molecule has 59 heavy (non-hydrogen) atoms. The summed E-state index contributed by atoms with van der Waals surface area (Å²) in [6.45, 7) is 7.55. The Balaban J connectivity index is 0.740. The number of nitrogens with zero attached hydrogens (tertiary/aromatic N) is 7. The van der Waals surface area contributed by atoms with Gasteiger partial charge in [0, 0.05) is 88.1 Å². The Morgan fingerprint density at radius 1 is 0.932 bits per heavy atom. The van der Waals surface area contributed by atoms with E-state index in [4.69, 9.17) is 9.26 Å². The second-order valence-corrected chi connectivity index (χ2v) is 18.2. The zero-order valence-corrected chi connectivity index (χ0v) is 33.4. The fourth-order valence-electron chi connectivity index (χ4n) is 9.82. The van der Waals surface area contributed by atoms with E-state index in [2.05, 4.69) is 41.1 Å². The number of likely N-dealkylation sites (tertiary alicyclic amines) is 1. The Morgan fingerprint density at radius 2 is 1.76 bits per heavy atom. The highest BCUT2D eigenvalue weighted by molar-refractivity contribution is 7.92. The zero-order valence-electron chi connectivity index (χ0n) is 32.6. The van der Waals surface area contributed by atoms with E-state index in [1.54, 1.807) is 40.0 Å². The topological polar surface area (TPSA) is 175 Å². The number of hydrogen-bond acceptors (Lipinski definition) is 12. The minimum atomic E-state index is -4.01. The molecule has 3 aromatic carbocycles. The lowest BCUT2D eigenvalue weighted by Crippen LogP contribution is -2.52. The molecule has 2 aromatic heterocycles. The molecule has 0 bridgehead atoms. The SMILES string of the molecule is COc1cc(Cn2cccn2)cc2onc(NS(=O)(=O)c3cccc(N4C[C@@H]5CN(C[C@@H]6CCN(c7ccc8c(c7)CN([C@H]7CCC(=O)NC7=O)C8=O)C6)C[C@H]5C4)c3)c12. The Hall–Kier alpha value is -5.94. The van der Waals surface area contributed by atoms with Crippen molar-refractivity contribution in [1.82, 2.24) is 30.1 Å². The molecule has 7 heterocycles. The highest BCUT2D eigenvalue weighted by Gasteiger charge is 2.42. The smallest absolute Gasteiger partial charge is 0.263 e. The van der Waals surface area contributed by atoms with E-state index in [0.29, 0.717) is 59.5 Å². The van der Waals surface area contributed by atoms with E-state index in [-0.39, 0.29) is 28.9 Å². The molecule has 0 spiro atoms. The summed E-state index contributed by atoms with van der Waals surface area (Å²) in [6.07, 6.45) is 5.24. The molecule has 10 rings (SSSR count). The first-order valence-electron chi connectivity index (χ1n) is 20.1. The number of amides is 3. The van der Waals surface area contributed by atoms with Crippen LogP contribution in [0.1, 0.15) is 40.7 Å². The van der Waals surface area contributed by atoms with Crippen molar-refractivity contribution >= 4 is 55.9 Å². The van der Waals surface area contributed by atoms with Gasteiger partial charge in [0.2, 0.25) is 11.8 Å². The van der Waals surface area contributed by atoms with E-state index in [1.165, 1.54) is 7.11 Å². The molecule has 0 saturated carbocycles. The Morgan fingerprint density at radius 3 is 2.54 bits per heavy atom. The lowest BCUT2D eigenvalue weighted by atomic mass is 10.0. The van der Waals surface area contributed by atoms with E-state index >= 15 is 0 Å². The third-order valence-corrected chi connectivity index (χ3v) is 14.0. The number of nitrogens with one attached hydrogen (secondary N) is 2. The zero-order chi connectivity index (χ0) is 40.4. The number of methoxy groups -OCH3 is 1. The van der Waals surface area contributed by atoms with Crippen LogP contribution in [0.15, 0.2) is 82.5 Å². The first-order valence-corrected chi connectivity index (χ1v) is 21.6. The molecule has 17 heteroatoms. The maximum absolute atomic E-state index is 13.7. The van der Waals surface area contributed by atoms with Gasteiger partial charge >= 0.3 is 0 Å². The quantitative estimate of drug-likeness (QED) is 0.186. The van der Waals surface area contributed by atoms with Crippen LogP contribution in [-0.2, 0) is 32.7 Å². The number of hydrogen-bond donors (Lipinski definition) is 2. The molecule has 16 nitrogen and oxygen atoms in total.